The summed E-state index contributed by atoms with van der Waals surface area (Å²) in [5, 5.41) is 8.98. The van der Waals surface area contributed by atoms with E-state index >= 15 is 0 Å². The molecule has 6 heteroatoms. The minimum Gasteiger partial charge on any atom is -0.477 e. The zero-order valence-electron chi connectivity index (χ0n) is 9.95. The Morgan fingerprint density at radius 3 is 2.37 bits per heavy atom. The zero-order chi connectivity index (χ0) is 14.2. The number of halogens is 3. The van der Waals surface area contributed by atoms with Crippen molar-refractivity contribution in [2.75, 3.05) is 0 Å². The molecule has 0 atom stereocenters. The Kier molecular flexibility index (Phi) is 3.33. The molecule has 0 aliphatic heterocycles. The van der Waals surface area contributed by atoms with Gasteiger partial charge in [-0.1, -0.05) is 0 Å². The highest BCUT2D eigenvalue weighted by Crippen LogP contribution is 2.27. The minimum absolute atomic E-state index is 0.0402. The molecule has 0 saturated carbocycles. The van der Waals surface area contributed by atoms with E-state index in [2.05, 4.69) is 0 Å². The summed E-state index contributed by atoms with van der Waals surface area (Å²) in [6.07, 6.45) is 0. The molecule has 2 aromatic rings. The number of rotatable bonds is 3. The Labute approximate surface area is 106 Å². The summed E-state index contributed by atoms with van der Waals surface area (Å²) in [7, 11) is 0. The number of hydrogen-bond donors (Lipinski definition) is 1. The second-order valence-corrected chi connectivity index (χ2v) is 3.90. The Hall–Kier alpha value is -2.24. The summed E-state index contributed by atoms with van der Waals surface area (Å²) in [6, 6.07) is 3.82. The van der Waals surface area contributed by atoms with Crippen LogP contribution in [0.1, 0.15) is 17.4 Å². The number of carboxylic acids is 1. The molecular weight excluding hydrogens is 259 g/mol. The number of aromatic carboxylic acids is 1. The largest absolute Gasteiger partial charge is 0.477 e. The van der Waals surface area contributed by atoms with Gasteiger partial charge in [0.1, 0.15) is 11.5 Å². The molecule has 100 valence electrons. The van der Waals surface area contributed by atoms with E-state index in [1.54, 1.807) is 6.92 Å². The molecule has 1 aromatic carbocycles. The van der Waals surface area contributed by atoms with Crippen molar-refractivity contribution in [1.29, 1.82) is 0 Å². The molecule has 0 fully saturated rings. The molecule has 0 spiro atoms. The van der Waals surface area contributed by atoms with Crippen LogP contribution in [0, 0.1) is 17.5 Å². The highest BCUT2D eigenvalue weighted by Gasteiger charge is 2.18. The first kappa shape index (κ1) is 13.2. The maximum atomic E-state index is 13.7. The Morgan fingerprint density at radius 1 is 1.16 bits per heavy atom. The molecule has 0 saturated heterocycles. The smallest absolute Gasteiger partial charge is 0.352 e. The molecule has 2 rings (SSSR count). The van der Waals surface area contributed by atoms with Crippen molar-refractivity contribution in [2.45, 2.75) is 13.5 Å². The molecule has 0 aliphatic rings. The normalized spacial score (nSPS) is 10.7. The van der Waals surface area contributed by atoms with Crippen LogP contribution in [0.15, 0.2) is 24.3 Å². The van der Waals surface area contributed by atoms with E-state index in [0.29, 0.717) is 6.07 Å². The van der Waals surface area contributed by atoms with Crippen LogP contribution in [-0.2, 0) is 6.54 Å². The summed E-state index contributed by atoms with van der Waals surface area (Å²) in [5.41, 5.74) is -0.0221. The van der Waals surface area contributed by atoms with Gasteiger partial charge in [-0.3, -0.25) is 0 Å². The molecule has 3 nitrogen and oxygen atoms in total. The highest BCUT2D eigenvalue weighted by atomic mass is 19.2. The zero-order valence-corrected chi connectivity index (χ0v) is 9.95. The van der Waals surface area contributed by atoms with Gasteiger partial charge in [-0.15, -0.1) is 0 Å². The third kappa shape index (κ3) is 2.21. The molecule has 0 unspecified atom stereocenters. The molecule has 1 N–H and O–H groups in total. The lowest BCUT2D eigenvalue weighted by Gasteiger charge is -2.10. The molecule has 0 radical (unpaired) electrons. The quantitative estimate of drug-likeness (QED) is 0.869. The van der Waals surface area contributed by atoms with Crippen LogP contribution < -0.4 is 0 Å². The number of carboxylic acid groups (broad SMARTS) is 1. The fourth-order valence-electron chi connectivity index (χ4n) is 1.95. The van der Waals surface area contributed by atoms with E-state index in [0.717, 1.165) is 6.07 Å². The number of nitrogens with zero attached hydrogens (tertiary/aromatic N) is 1. The fraction of sp³-hybridized carbons (Fsp3) is 0.154. The summed E-state index contributed by atoms with van der Waals surface area (Å²) < 4.78 is 41.0. The highest BCUT2D eigenvalue weighted by molar-refractivity contribution is 5.87. The average Bonchev–Trinajstić information content (AvgIpc) is 2.77. The van der Waals surface area contributed by atoms with E-state index in [9.17, 15) is 18.0 Å². The van der Waals surface area contributed by atoms with E-state index in [1.165, 1.54) is 16.7 Å². The van der Waals surface area contributed by atoms with Crippen molar-refractivity contribution < 1.29 is 23.1 Å². The second-order valence-electron chi connectivity index (χ2n) is 3.90. The first-order valence-corrected chi connectivity index (χ1v) is 5.53. The lowest BCUT2D eigenvalue weighted by atomic mass is 10.1. The maximum Gasteiger partial charge on any atom is 0.352 e. The molecule has 0 aliphatic carbocycles. The van der Waals surface area contributed by atoms with Crippen molar-refractivity contribution in [3.05, 3.63) is 47.4 Å². The van der Waals surface area contributed by atoms with Gasteiger partial charge in [-0.05, 0) is 25.1 Å². The van der Waals surface area contributed by atoms with E-state index in [1.807, 2.05) is 0 Å². The topological polar surface area (TPSA) is 42.2 Å². The molecular formula is C13H10F3NO2. The summed E-state index contributed by atoms with van der Waals surface area (Å²) in [6.45, 7) is 1.94. The van der Waals surface area contributed by atoms with Crippen LogP contribution >= 0.6 is 0 Å². The number of benzene rings is 1. The SMILES string of the molecule is CCn1c(C(=O)O)ccc1-c1cc(F)c(F)cc1F. The van der Waals surface area contributed by atoms with Gasteiger partial charge < -0.3 is 9.67 Å². The second kappa shape index (κ2) is 4.79. The van der Waals surface area contributed by atoms with Gasteiger partial charge >= 0.3 is 5.97 Å². The van der Waals surface area contributed by atoms with Crippen molar-refractivity contribution in [3.8, 4) is 11.3 Å². The third-order valence-electron chi connectivity index (χ3n) is 2.80. The summed E-state index contributed by atoms with van der Waals surface area (Å²) in [5.74, 6) is -4.58. The van der Waals surface area contributed by atoms with Gasteiger partial charge in [0.2, 0.25) is 0 Å². The standard InChI is InChI=1S/C13H10F3NO2/c1-2-17-11(3-4-12(17)13(18)19)7-5-9(15)10(16)6-8(7)14/h3-6H,2H2,1H3,(H,18,19). The monoisotopic (exact) mass is 269 g/mol. The Morgan fingerprint density at radius 2 is 1.79 bits per heavy atom. The average molecular weight is 269 g/mol. The maximum absolute atomic E-state index is 13.7. The van der Waals surface area contributed by atoms with Crippen molar-refractivity contribution in [1.82, 2.24) is 4.57 Å². The van der Waals surface area contributed by atoms with E-state index in [-0.39, 0.29) is 23.5 Å². The van der Waals surface area contributed by atoms with Crippen molar-refractivity contribution >= 4 is 5.97 Å². The lowest BCUT2D eigenvalue weighted by Crippen LogP contribution is -2.08. The van der Waals surface area contributed by atoms with Gasteiger partial charge in [0.15, 0.2) is 11.6 Å². The van der Waals surface area contributed by atoms with Crippen molar-refractivity contribution in [2.24, 2.45) is 0 Å². The molecule has 0 amide bonds. The van der Waals surface area contributed by atoms with Crippen LogP contribution in [0.3, 0.4) is 0 Å². The number of hydrogen-bond acceptors (Lipinski definition) is 1. The van der Waals surface area contributed by atoms with Gasteiger partial charge in [-0.25, -0.2) is 18.0 Å². The minimum atomic E-state index is -1.28. The van der Waals surface area contributed by atoms with Crippen molar-refractivity contribution in [3.63, 3.8) is 0 Å². The van der Waals surface area contributed by atoms with Crippen LogP contribution in [-0.4, -0.2) is 15.6 Å². The van der Waals surface area contributed by atoms with Gasteiger partial charge in [0.25, 0.3) is 0 Å². The van der Waals surface area contributed by atoms with Crippen LogP contribution in [0.4, 0.5) is 13.2 Å². The first-order valence-electron chi connectivity index (χ1n) is 5.53. The lowest BCUT2D eigenvalue weighted by molar-refractivity contribution is 0.0685. The predicted octanol–water partition coefficient (Wildman–Crippen LogP) is 3.29. The van der Waals surface area contributed by atoms with Crippen LogP contribution in [0.25, 0.3) is 11.3 Å². The Balaban J connectivity index is 2.66. The summed E-state index contributed by atoms with van der Waals surface area (Å²) in [4.78, 5) is 11.0. The van der Waals surface area contributed by atoms with E-state index < -0.39 is 23.4 Å². The van der Waals surface area contributed by atoms with Crippen LogP contribution in [0.2, 0.25) is 0 Å². The predicted molar refractivity (Wildman–Crippen MR) is 62.4 cm³/mol. The molecule has 0 bridgehead atoms. The number of aromatic nitrogens is 1. The Bertz CT molecular complexity index is 650. The van der Waals surface area contributed by atoms with Crippen LogP contribution in [0.5, 0.6) is 0 Å². The summed E-state index contributed by atoms with van der Waals surface area (Å²) >= 11 is 0. The fourth-order valence-corrected chi connectivity index (χ4v) is 1.95. The number of carbonyl (C=O) groups is 1. The van der Waals surface area contributed by atoms with E-state index in [4.69, 9.17) is 5.11 Å². The molecule has 1 heterocycles. The molecule has 1 aromatic heterocycles. The van der Waals surface area contributed by atoms with Gasteiger partial charge in [-0.2, -0.15) is 0 Å². The third-order valence-corrected chi connectivity index (χ3v) is 2.80. The van der Waals surface area contributed by atoms with Gasteiger partial charge in [0.05, 0.1) is 5.69 Å². The molecule has 19 heavy (non-hydrogen) atoms. The first-order chi connectivity index (χ1) is 8.95. The van der Waals surface area contributed by atoms with Gasteiger partial charge in [0, 0.05) is 18.2 Å².